The normalized spacial score (nSPS) is 33.6. The molecule has 1 aliphatic carbocycles. The average Bonchev–Trinajstić information content (AvgIpc) is 2.45. The summed E-state index contributed by atoms with van der Waals surface area (Å²) in [5.74, 6) is 0.115. The van der Waals surface area contributed by atoms with Gasteiger partial charge in [0.25, 0.3) is 0 Å². The minimum absolute atomic E-state index is 0.0324. The van der Waals surface area contributed by atoms with E-state index in [0.717, 1.165) is 58.3 Å². The van der Waals surface area contributed by atoms with Crippen molar-refractivity contribution in [3.8, 4) is 0 Å². The van der Waals surface area contributed by atoms with Crippen LogP contribution in [-0.4, -0.2) is 42.2 Å². The second-order valence-corrected chi connectivity index (χ2v) is 7.80. The van der Waals surface area contributed by atoms with E-state index < -0.39 is 0 Å². The van der Waals surface area contributed by atoms with E-state index in [1.54, 1.807) is 0 Å². The van der Waals surface area contributed by atoms with Gasteiger partial charge in [0.1, 0.15) is 0 Å². The molecule has 20 heavy (non-hydrogen) atoms. The van der Waals surface area contributed by atoms with Crippen LogP contribution in [0.1, 0.15) is 45.4 Å². The maximum atomic E-state index is 12.5. The van der Waals surface area contributed by atoms with Gasteiger partial charge in [-0.05, 0) is 38.9 Å². The Hall–Kier alpha value is -0.260. The molecule has 1 saturated carbocycles. The van der Waals surface area contributed by atoms with Gasteiger partial charge in [-0.15, -0.1) is 0 Å². The number of nitrogens with one attached hydrogen (secondary N) is 1. The maximum Gasteiger partial charge on any atom is 0.225 e. The van der Waals surface area contributed by atoms with Crippen LogP contribution >= 0.6 is 11.8 Å². The van der Waals surface area contributed by atoms with Crippen LogP contribution in [0.4, 0.5) is 0 Å². The lowest BCUT2D eigenvalue weighted by molar-refractivity contribution is -0.128. The summed E-state index contributed by atoms with van der Waals surface area (Å²) in [4.78, 5) is 12.5. The summed E-state index contributed by atoms with van der Waals surface area (Å²) in [5, 5.41) is 3.17. The van der Waals surface area contributed by atoms with Gasteiger partial charge in [0.15, 0.2) is 0 Å². The Balaban J connectivity index is 1.90. The Morgan fingerprint density at radius 1 is 1.35 bits per heavy atom. The van der Waals surface area contributed by atoms with Gasteiger partial charge in [0.2, 0.25) is 5.91 Å². The second kappa shape index (κ2) is 6.67. The number of hydrogen-bond acceptors (Lipinski definition) is 4. The fraction of sp³-hybridized carbons (Fsp3) is 0.933. The first-order valence-electron chi connectivity index (χ1n) is 7.69. The van der Waals surface area contributed by atoms with E-state index in [-0.39, 0.29) is 22.1 Å². The summed E-state index contributed by atoms with van der Waals surface area (Å²) in [5.41, 5.74) is 5.97. The highest BCUT2D eigenvalue weighted by atomic mass is 32.2. The summed E-state index contributed by atoms with van der Waals surface area (Å²) < 4.78 is 5.58. The molecule has 1 heterocycles. The molecule has 2 rings (SSSR count). The van der Waals surface area contributed by atoms with Gasteiger partial charge in [-0.3, -0.25) is 4.79 Å². The van der Waals surface area contributed by atoms with Crippen molar-refractivity contribution in [2.75, 3.05) is 26.0 Å². The van der Waals surface area contributed by atoms with Crippen LogP contribution in [0.3, 0.4) is 0 Å². The standard InChI is InChI=1S/C15H28N2O2S/c1-14(16)6-4-3-5-12(14)13(18)17-11-15(20-2)7-9-19-10-8-15/h12H,3-11,16H2,1-2H3,(H,17,18). The molecule has 116 valence electrons. The Labute approximate surface area is 126 Å². The smallest absolute Gasteiger partial charge is 0.225 e. The molecule has 5 heteroatoms. The van der Waals surface area contributed by atoms with Crippen molar-refractivity contribution >= 4 is 17.7 Å². The van der Waals surface area contributed by atoms with E-state index in [1.807, 2.05) is 18.7 Å². The molecule has 0 spiro atoms. The third-order valence-electron chi connectivity index (χ3n) is 4.99. The van der Waals surface area contributed by atoms with E-state index in [1.165, 1.54) is 0 Å². The lowest BCUT2D eigenvalue weighted by Crippen LogP contribution is -2.54. The van der Waals surface area contributed by atoms with Gasteiger partial charge in [0.05, 0.1) is 5.92 Å². The van der Waals surface area contributed by atoms with Crippen LogP contribution in [-0.2, 0) is 9.53 Å². The molecule has 4 nitrogen and oxygen atoms in total. The van der Waals surface area contributed by atoms with Gasteiger partial charge >= 0.3 is 0 Å². The molecule has 2 fully saturated rings. The SMILES string of the molecule is CSC1(CNC(=O)C2CCCCC2(C)N)CCOCC1. The first-order valence-corrected chi connectivity index (χ1v) is 8.91. The highest BCUT2D eigenvalue weighted by Crippen LogP contribution is 2.34. The molecule has 0 aromatic rings. The van der Waals surface area contributed by atoms with E-state index in [0.29, 0.717) is 0 Å². The summed E-state index contributed by atoms with van der Waals surface area (Å²) in [7, 11) is 0. The Morgan fingerprint density at radius 2 is 2.05 bits per heavy atom. The Kier molecular flexibility index (Phi) is 5.37. The predicted octanol–water partition coefficient (Wildman–Crippen LogP) is 1.92. The molecule has 1 saturated heterocycles. The minimum atomic E-state index is -0.343. The van der Waals surface area contributed by atoms with E-state index >= 15 is 0 Å². The molecule has 0 radical (unpaired) electrons. The Bertz CT molecular complexity index is 341. The molecular formula is C15H28N2O2S. The number of hydrogen-bond donors (Lipinski definition) is 2. The number of amides is 1. The van der Waals surface area contributed by atoms with Gasteiger partial charge in [-0.25, -0.2) is 0 Å². The van der Waals surface area contributed by atoms with Crippen LogP contribution in [0.15, 0.2) is 0 Å². The minimum Gasteiger partial charge on any atom is -0.381 e. The van der Waals surface area contributed by atoms with Crippen LogP contribution in [0.5, 0.6) is 0 Å². The predicted molar refractivity (Wildman–Crippen MR) is 83.9 cm³/mol. The zero-order chi connectivity index (χ0) is 14.6. The molecule has 3 N–H and O–H groups in total. The van der Waals surface area contributed by atoms with E-state index in [9.17, 15) is 4.79 Å². The van der Waals surface area contributed by atoms with Gasteiger partial charge in [-0.1, -0.05) is 12.8 Å². The molecule has 1 amide bonds. The topological polar surface area (TPSA) is 64.4 Å². The first-order chi connectivity index (χ1) is 9.49. The molecule has 2 aliphatic rings. The lowest BCUT2D eigenvalue weighted by atomic mass is 9.74. The van der Waals surface area contributed by atoms with Crippen molar-refractivity contribution in [2.24, 2.45) is 11.7 Å². The van der Waals surface area contributed by atoms with Crippen molar-refractivity contribution in [1.29, 1.82) is 0 Å². The largest absolute Gasteiger partial charge is 0.381 e. The number of nitrogens with two attached hydrogens (primary N) is 1. The number of ether oxygens (including phenoxy) is 1. The van der Waals surface area contributed by atoms with Crippen LogP contribution < -0.4 is 11.1 Å². The monoisotopic (exact) mass is 300 g/mol. The highest BCUT2D eigenvalue weighted by Gasteiger charge is 2.39. The molecular weight excluding hydrogens is 272 g/mol. The quantitative estimate of drug-likeness (QED) is 0.832. The number of thioether (sulfide) groups is 1. The lowest BCUT2D eigenvalue weighted by Gasteiger charge is -2.39. The van der Waals surface area contributed by atoms with Crippen molar-refractivity contribution in [1.82, 2.24) is 5.32 Å². The number of rotatable bonds is 4. The fourth-order valence-electron chi connectivity index (χ4n) is 3.36. The van der Waals surface area contributed by atoms with Crippen molar-refractivity contribution < 1.29 is 9.53 Å². The Morgan fingerprint density at radius 3 is 2.65 bits per heavy atom. The zero-order valence-electron chi connectivity index (χ0n) is 12.7. The molecule has 0 bridgehead atoms. The molecule has 2 unspecified atom stereocenters. The van der Waals surface area contributed by atoms with E-state index in [4.69, 9.17) is 10.5 Å². The molecule has 0 aromatic heterocycles. The maximum absolute atomic E-state index is 12.5. The third kappa shape index (κ3) is 3.68. The first kappa shape index (κ1) is 16.1. The van der Waals surface area contributed by atoms with Gasteiger partial charge in [0, 0.05) is 30.0 Å². The average molecular weight is 300 g/mol. The van der Waals surface area contributed by atoms with E-state index in [2.05, 4.69) is 11.6 Å². The fourth-order valence-corrected chi connectivity index (χ4v) is 4.15. The number of carbonyl (C=O) groups is 1. The summed E-state index contributed by atoms with van der Waals surface area (Å²) in [6, 6.07) is 0. The third-order valence-corrected chi connectivity index (χ3v) is 6.41. The summed E-state index contributed by atoms with van der Waals surface area (Å²) in [6.45, 7) is 4.36. The molecule has 1 aliphatic heterocycles. The van der Waals surface area contributed by atoms with Gasteiger partial charge < -0.3 is 15.8 Å². The summed E-state index contributed by atoms with van der Waals surface area (Å²) in [6.07, 6.45) is 8.29. The van der Waals surface area contributed by atoms with Crippen molar-refractivity contribution in [3.63, 3.8) is 0 Å². The van der Waals surface area contributed by atoms with Crippen LogP contribution in [0.2, 0.25) is 0 Å². The summed E-state index contributed by atoms with van der Waals surface area (Å²) >= 11 is 1.86. The highest BCUT2D eigenvalue weighted by molar-refractivity contribution is 8.00. The van der Waals surface area contributed by atoms with Crippen molar-refractivity contribution in [2.45, 2.75) is 55.7 Å². The van der Waals surface area contributed by atoms with Crippen LogP contribution in [0.25, 0.3) is 0 Å². The molecule has 2 atom stereocenters. The van der Waals surface area contributed by atoms with Gasteiger partial charge in [-0.2, -0.15) is 11.8 Å². The second-order valence-electron chi connectivity index (χ2n) is 6.52. The van der Waals surface area contributed by atoms with Crippen molar-refractivity contribution in [3.05, 3.63) is 0 Å². The zero-order valence-corrected chi connectivity index (χ0v) is 13.6. The molecule has 0 aromatic carbocycles. The van der Waals surface area contributed by atoms with Crippen LogP contribution in [0, 0.1) is 5.92 Å². The number of carbonyl (C=O) groups excluding carboxylic acids is 1.